The fourth-order valence-corrected chi connectivity index (χ4v) is 3.95. The van der Waals surface area contributed by atoms with Gasteiger partial charge >= 0.3 is 10.2 Å². The molecule has 0 saturated carbocycles. The second-order valence-electron chi connectivity index (χ2n) is 5.34. The summed E-state index contributed by atoms with van der Waals surface area (Å²) in [7, 11) is -3.86. The van der Waals surface area contributed by atoms with Gasteiger partial charge in [0.25, 0.3) is 0 Å². The standard InChI is InChI=1S/C12H17F2N3O2S/c1-8-5-9(2)7-17(6-8)20(18,19)16-10-3-4-11(13)15-12(10)14/h3-4,8-9,16H,5-7H2,1-2H3. The molecule has 2 heterocycles. The highest BCUT2D eigenvalue weighted by Crippen LogP contribution is 2.24. The quantitative estimate of drug-likeness (QED) is 0.869. The molecule has 2 atom stereocenters. The number of hydrogen-bond acceptors (Lipinski definition) is 3. The van der Waals surface area contributed by atoms with Crippen molar-refractivity contribution in [1.29, 1.82) is 0 Å². The third-order valence-corrected chi connectivity index (χ3v) is 4.68. The van der Waals surface area contributed by atoms with Crippen molar-refractivity contribution in [2.24, 2.45) is 11.8 Å². The van der Waals surface area contributed by atoms with E-state index < -0.39 is 22.1 Å². The number of hydrogen-bond donors (Lipinski definition) is 1. The van der Waals surface area contributed by atoms with Crippen LogP contribution < -0.4 is 4.72 Å². The minimum atomic E-state index is -3.86. The lowest BCUT2D eigenvalue weighted by molar-refractivity contribution is 0.223. The Morgan fingerprint density at radius 1 is 1.25 bits per heavy atom. The van der Waals surface area contributed by atoms with Gasteiger partial charge in [0.1, 0.15) is 5.69 Å². The SMILES string of the molecule is CC1CC(C)CN(S(=O)(=O)Nc2ccc(F)nc2F)C1. The summed E-state index contributed by atoms with van der Waals surface area (Å²) in [4.78, 5) is 2.95. The molecule has 1 aliphatic rings. The van der Waals surface area contributed by atoms with E-state index in [-0.39, 0.29) is 17.5 Å². The van der Waals surface area contributed by atoms with Gasteiger partial charge in [-0.2, -0.15) is 26.5 Å². The Balaban J connectivity index is 2.18. The van der Waals surface area contributed by atoms with Crippen LogP contribution in [0.4, 0.5) is 14.5 Å². The second-order valence-corrected chi connectivity index (χ2v) is 7.01. The molecule has 1 aromatic rings. The monoisotopic (exact) mass is 305 g/mol. The molecular weight excluding hydrogens is 288 g/mol. The lowest BCUT2D eigenvalue weighted by Crippen LogP contribution is -2.45. The topological polar surface area (TPSA) is 62.3 Å². The van der Waals surface area contributed by atoms with Crippen LogP contribution in [0, 0.1) is 23.7 Å². The van der Waals surface area contributed by atoms with Crippen molar-refractivity contribution in [2.75, 3.05) is 17.8 Å². The van der Waals surface area contributed by atoms with Gasteiger partial charge in [0.05, 0.1) is 0 Å². The van der Waals surface area contributed by atoms with E-state index in [2.05, 4.69) is 9.71 Å². The van der Waals surface area contributed by atoms with E-state index in [1.807, 2.05) is 13.8 Å². The molecule has 0 aromatic carbocycles. The minimum absolute atomic E-state index is 0.242. The van der Waals surface area contributed by atoms with Crippen LogP contribution in [0.15, 0.2) is 12.1 Å². The zero-order valence-corrected chi connectivity index (χ0v) is 12.1. The lowest BCUT2D eigenvalue weighted by Gasteiger charge is -2.33. The molecule has 2 unspecified atom stereocenters. The molecular formula is C12H17F2N3O2S. The van der Waals surface area contributed by atoms with Crippen LogP contribution in [0.25, 0.3) is 0 Å². The van der Waals surface area contributed by atoms with Crippen molar-refractivity contribution in [2.45, 2.75) is 20.3 Å². The number of halogens is 2. The van der Waals surface area contributed by atoms with Gasteiger partial charge in [0.15, 0.2) is 0 Å². The maximum Gasteiger partial charge on any atom is 0.301 e. The fraction of sp³-hybridized carbons (Fsp3) is 0.583. The van der Waals surface area contributed by atoms with Crippen molar-refractivity contribution < 1.29 is 17.2 Å². The molecule has 1 N–H and O–H groups in total. The van der Waals surface area contributed by atoms with E-state index in [9.17, 15) is 17.2 Å². The highest BCUT2D eigenvalue weighted by Gasteiger charge is 2.31. The van der Waals surface area contributed by atoms with Crippen molar-refractivity contribution in [3.05, 3.63) is 24.0 Å². The minimum Gasteiger partial charge on any atom is -0.266 e. The molecule has 1 aromatic heterocycles. The van der Waals surface area contributed by atoms with E-state index in [1.54, 1.807) is 0 Å². The van der Waals surface area contributed by atoms with Crippen LogP contribution in [0.1, 0.15) is 20.3 Å². The molecule has 0 amide bonds. The molecule has 0 bridgehead atoms. The molecule has 5 nitrogen and oxygen atoms in total. The number of pyridine rings is 1. The number of rotatable bonds is 3. The number of nitrogens with one attached hydrogen (secondary N) is 1. The molecule has 112 valence electrons. The molecule has 0 aliphatic carbocycles. The van der Waals surface area contributed by atoms with Crippen LogP contribution in [-0.4, -0.2) is 30.8 Å². The van der Waals surface area contributed by atoms with Gasteiger partial charge < -0.3 is 0 Å². The molecule has 2 rings (SSSR count). The van der Waals surface area contributed by atoms with Gasteiger partial charge in [-0.1, -0.05) is 13.8 Å². The third kappa shape index (κ3) is 3.43. The first-order valence-electron chi connectivity index (χ1n) is 6.38. The van der Waals surface area contributed by atoms with Crippen LogP contribution >= 0.6 is 0 Å². The van der Waals surface area contributed by atoms with Gasteiger partial charge in [-0.25, -0.2) is 0 Å². The highest BCUT2D eigenvalue weighted by atomic mass is 32.2. The van der Waals surface area contributed by atoms with Crippen LogP contribution in [0.3, 0.4) is 0 Å². The summed E-state index contributed by atoms with van der Waals surface area (Å²) in [5.74, 6) is -1.68. The Labute approximate surface area is 117 Å². The highest BCUT2D eigenvalue weighted by molar-refractivity contribution is 7.90. The van der Waals surface area contributed by atoms with E-state index in [1.165, 1.54) is 4.31 Å². The van der Waals surface area contributed by atoms with Crippen LogP contribution in [-0.2, 0) is 10.2 Å². The summed E-state index contributed by atoms with van der Waals surface area (Å²) >= 11 is 0. The van der Waals surface area contributed by atoms with Crippen molar-refractivity contribution in [1.82, 2.24) is 9.29 Å². The molecule has 8 heteroatoms. The Morgan fingerprint density at radius 3 is 2.40 bits per heavy atom. The molecule has 20 heavy (non-hydrogen) atoms. The summed E-state index contributed by atoms with van der Waals surface area (Å²) in [6, 6.07) is 1.93. The normalized spacial score (nSPS) is 24.6. The molecule has 0 spiro atoms. The first kappa shape index (κ1) is 15.1. The van der Waals surface area contributed by atoms with Gasteiger partial charge in [0.2, 0.25) is 11.9 Å². The Hall–Kier alpha value is -1.28. The van der Waals surface area contributed by atoms with Crippen molar-refractivity contribution in [3.8, 4) is 0 Å². The smallest absolute Gasteiger partial charge is 0.266 e. The largest absolute Gasteiger partial charge is 0.301 e. The summed E-state index contributed by atoms with van der Waals surface area (Å²) in [6.07, 6.45) is 0.957. The molecule has 1 fully saturated rings. The summed E-state index contributed by atoms with van der Waals surface area (Å²) in [5, 5.41) is 0. The zero-order chi connectivity index (χ0) is 14.9. The fourth-order valence-electron chi connectivity index (χ4n) is 2.49. The predicted molar refractivity (Wildman–Crippen MR) is 71.2 cm³/mol. The number of anilines is 1. The Bertz CT molecular complexity index is 584. The average molecular weight is 305 g/mol. The first-order valence-corrected chi connectivity index (χ1v) is 7.82. The van der Waals surface area contributed by atoms with Gasteiger partial charge in [-0.3, -0.25) is 4.72 Å². The second kappa shape index (κ2) is 5.61. The number of piperidine rings is 1. The van der Waals surface area contributed by atoms with Crippen molar-refractivity contribution in [3.63, 3.8) is 0 Å². The number of aromatic nitrogens is 1. The van der Waals surface area contributed by atoms with Crippen molar-refractivity contribution >= 4 is 15.9 Å². The number of nitrogens with zero attached hydrogens (tertiary/aromatic N) is 2. The van der Waals surface area contributed by atoms with Gasteiger partial charge in [-0.15, -0.1) is 0 Å². The molecule has 1 aliphatic heterocycles. The molecule has 1 saturated heterocycles. The van der Waals surface area contributed by atoms with Crippen LogP contribution in [0.2, 0.25) is 0 Å². The zero-order valence-electron chi connectivity index (χ0n) is 11.3. The summed E-state index contributed by atoms with van der Waals surface area (Å²) < 4.78 is 53.9. The van der Waals surface area contributed by atoms with E-state index in [0.29, 0.717) is 13.1 Å². The van der Waals surface area contributed by atoms with E-state index in [0.717, 1.165) is 18.6 Å². The third-order valence-electron chi connectivity index (χ3n) is 3.23. The predicted octanol–water partition coefficient (Wildman–Crippen LogP) is 1.99. The maximum atomic E-state index is 13.4. The van der Waals surface area contributed by atoms with Gasteiger partial charge in [-0.05, 0) is 30.4 Å². The average Bonchev–Trinajstić information content (AvgIpc) is 2.31. The summed E-state index contributed by atoms with van der Waals surface area (Å²) in [6.45, 7) is 4.71. The Kier molecular flexibility index (Phi) is 4.24. The first-order chi connectivity index (χ1) is 9.28. The Morgan fingerprint density at radius 2 is 1.85 bits per heavy atom. The van der Waals surface area contributed by atoms with E-state index >= 15 is 0 Å². The lowest BCUT2D eigenvalue weighted by atomic mass is 9.94. The molecule has 0 radical (unpaired) electrons. The maximum absolute atomic E-state index is 13.4. The summed E-state index contributed by atoms with van der Waals surface area (Å²) in [5.41, 5.74) is -0.350. The van der Waals surface area contributed by atoms with Crippen LogP contribution in [0.5, 0.6) is 0 Å². The van der Waals surface area contributed by atoms with Gasteiger partial charge in [0, 0.05) is 13.1 Å². The van der Waals surface area contributed by atoms with E-state index in [4.69, 9.17) is 0 Å².